The summed E-state index contributed by atoms with van der Waals surface area (Å²) in [6.07, 6.45) is 6.04. The minimum Gasteiger partial charge on any atom is -0.481 e. The lowest BCUT2D eigenvalue weighted by Crippen LogP contribution is -2.42. The molecule has 1 amide bonds. The maximum atomic E-state index is 12.2. The van der Waals surface area contributed by atoms with Crippen LogP contribution >= 0.6 is 0 Å². The van der Waals surface area contributed by atoms with Gasteiger partial charge in [-0.2, -0.15) is 0 Å². The van der Waals surface area contributed by atoms with Crippen molar-refractivity contribution in [3.63, 3.8) is 0 Å². The Hall–Kier alpha value is -1.51. The first kappa shape index (κ1) is 15.9. The van der Waals surface area contributed by atoms with E-state index in [2.05, 4.69) is 24.4 Å². The summed E-state index contributed by atoms with van der Waals surface area (Å²) in [5.74, 6) is 0.811. The Morgan fingerprint density at radius 2 is 1.90 bits per heavy atom. The van der Waals surface area contributed by atoms with E-state index in [0.29, 0.717) is 6.42 Å². The van der Waals surface area contributed by atoms with Gasteiger partial charge in [0, 0.05) is 6.04 Å². The highest BCUT2D eigenvalue weighted by atomic mass is 16.5. The lowest BCUT2D eigenvalue weighted by atomic mass is 9.92. The van der Waals surface area contributed by atoms with Crippen molar-refractivity contribution in [1.82, 2.24) is 5.32 Å². The number of aryl methyl sites for hydroxylation is 2. The van der Waals surface area contributed by atoms with E-state index in [0.717, 1.165) is 18.6 Å². The number of nitrogens with one attached hydrogen (secondary N) is 1. The van der Waals surface area contributed by atoms with E-state index in [-0.39, 0.29) is 11.9 Å². The second-order valence-electron chi connectivity index (χ2n) is 5.97. The summed E-state index contributed by atoms with van der Waals surface area (Å²) >= 11 is 0. The fraction of sp³-hybridized carbons (Fsp3) is 0.611. The van der Waals surface area contributed by atoms with E-state index in [1.165, 1.54) is 30.4 Å². The van der Waals surface area contributed by atoms with Gasteiger partial charge in [-0.05, 0) is 68.7 Å². The molecule has 0 heterocycles. The Bertz CT molecular complexity index is 484. The molecule has 3 heteroatoms. The number of carbonyl (C=O) groups is 1. The van der Waals surface area contributed by atoms with Crippen LogP contribution in [0.4, 0.5) is 0 Å². The largest absolute Gasteiger partial charge is 0.481 e. The molecule has 0 radical (unpaired) electrons. The zero-order valence-electron chi connectivity index (χ0n) is 13.4. The van der Waals surface area contributed by atoms with E-state index in [4.69, 9.17) is 4.74 Å². The van der Waals surface area contributed by atoms with Gasteiger partial charge in [-0.3, -0.25) is 4.79 Å². The molecule has 2 rings (SSSR count). The van der Waals surface area contributed by atoms with Crippen LogP contribution in [0.2, 0.25) is 0 Å². The molecule has 2 atom stereocenters. The van der Waals surface area contributed by atoms with Crippen LogP contribution in [-0.4, -0.2) is 18.1 Å². The van der Waals surface area contributed by atoms with Crippen molar-refractivity contribution in [2.75, 3.05) is 0 Å². The molecule has 1 aliphatic rings. The van der Waals surface area contributed by atoms with Crippen LogP contribution in [-0.2, 0) is 17.6 Å². The third kappa shape index (κ3) is 4.23. The van der Waals surface area contributed by atoms with Crippen molar-refractivity contribution in [2.45, 2.75) is 71.4 Å². The van der Waals surface area contributed by atoms with Crippen molar-refractivity contribution in [2.24, 2.45) is 0 Å². The Balaban J connectivity index is 2.02. The van der Waals surface area contributed by atoms with Crippen molar-refractivity contribution in [1.29, 1.82) is 0 Å². The summed E-state index contributed by atoms with van der Waals surface area (Å²) in [5, 5.41) is 3.00. The third-order valence-corrected chi connectivity index (χ3v) is 4.26. The molecule has 0 unspecified atom stereocenters. The fourth-order valence-electron chi connectivity index (χ4n) is 2.71. The quantitative estimate of drug-likeness (QED) is 0.868. The molecule has 3 nitrogen and oxygen atoms in total. The zero-order valence-corrected chi connectivity index (χ0v) is 13.4. The molecule has 0 bridgehead atoms. The number of fused-ring (bicyclic) bond motifs is 1. The summed E-state index contributed by atoms with van der Waals surface area (Å²) in [7, 11) is 0. The third-order valence-electron chi connectivity index (χ3n) is 4.26. The van der Waals surface area contributed by atoms with Gasteiger partial charge in [-0.25, -0.2) is 0 Å². The standard InChI is InChI=1S/C18H27NO2/c1-4-13(3)19-18(20)17(5-2)21-16-11-10-14-8-6-7-9-15(14)12-16/h10-13,17H,4-9H2,1-3H3,(H,19,20)/t13-,17-/m0/s1. The topological polar surface area (TPSA) is 38.3 Å². The zero-order chi connectivity index (χ0) is 15.2. The average molecular weight is 289 g/mol. The predicted octanol–water partition coefficient (Wildman–Crippen LogP) is 3.64. The Morgan fingerprint density at radius 1 is 1.19 bits per heavy atom. The first-order valence-corrected chi connectivity index (χ1v) is 8.22. The minimum atomic E-state index is -0.402. The van der Waals surface area contributed by atoms with Crippen LogP contribution in [0.1, 0.15) is 57.6 Å². The van der Waals surface area contributed by atoms with Crippen molar-refractivity contribution in [3.05, 3.63) is 29.3 Å². The second kappa shape index (κ2) is 7.48. The maximum absolute atomic E-state index is 12.2. The monoisotopic (exact) mass is 289 g/mol. The van der Waals surface area contributed by atoms with E-state index in [9.17, 15) is 4.79 Å². The molecule has 0 saturated carbocycles. The van der Waals surface area contributed by atoms with Gasteiger partial charge in [0.05, 0.1) is 0 Å². The van der Waals surface area contributed by atoms with Crippen molar-refractivity contribution in [3.8, 4) is 5.75 Å². The molecule has 21 heavy (non-hydrogen) atoms. The summed E-state index contributed by atoms with van der Waals surface area (Å²) in [6.45, 7) is 6.07. The molecular weight excluding hydrogens is 262 g/mol. The van der Waals surface area contributed by atoms with Gasteiger partial charge in [0.2, 0.25) is 0 Å². The highest BCUT2D eigenvalue weighted by Crippen LogP contribution is 2.26. The molecule has 1 aromatic rings. The maximum Gasteiger partial charge on any atom is 0.261 e. The molecular formula is C18H27NO2. The SMILES string of the molecule is CC[C@H](Oc1ccc2c(c1)CCCC2)C(=O)N[C@@H](C)CC. The number of ether oxygens (including phenoxy) is 1. The lowest BCUT2D eigenvalue weighted by Gasteiger charge is -2.21. The van der Waals surface area contributed by atoms with Gasteiger partial charge < -0.3 is 10.1 Å². The molecule has 116 valence electrons. The van der Waals surface area contributed by atoms with Crippen LogP contribution in [0, 0.1) is 0 Å². The summed E-state index contributed by atoms with van der Waals surface area (Å²) < 4.78 is 5.92. The van der Waals surface area contributed by atoms with Crippen LogP contribution < -0.4 is 10.1 Å². The highest BCUT2D eigenvalue weighted by Gasteiger charge is 2.20. The number of carbonyl (C=O) groups excluding carboxylic acids is 1. The molecule has 1 aliphatic carbocycles. The predicted molar refractivity (Wildman–Crippen MR) is 85.7 cm³/mol. The second-order valence-corrected chi connectivity index (χ2v) is 5.97. The molecule has 0 aromatic heterocycles. The number of benzene rings is 1. The van der Waals surface area contributed by atoms with E-state index >= 15 is 0 Å². The number of amides is 1. The Morgan fingerprint density at radius 3 is 2.57 bits per heavy atom. The van der Waals surface area contributed by atoms with Crippen LogP contribution in [0.3, 0.4) is 0 Å². The first-order valence-electron chi connectivity index (χ1n) is 8.22. The van der Waals surface area contributed by atoms with E-state index < -0.39 is 6.10 Å². The average Bonchev–Trinajstić information content (AvgIpc) is 2.52. The first-order chi connectivity index (χ1) is 10.1. The Labute approximate surface area is 128 Å². The molecule has 0 fully saturated rings. The van der Waals surface area contributed by atoms with Crippen LogP contribution in [0.15, 0.2) is 18.2 Å². The van der Waals surface area contributed by atoms with Gasteiger partial charge in [-0.1, -0.05) is 19.9 Å². The van der Waals surface area contributed by atoms with Crippen LogP contribution in [0.25, 0.3) is 0 Å². The number of rotatable bonds is 6. The molecule has 1 N–H and O–H groups in total. The number of hydrogen-bond acceptors (Lipinski definition) is 2. The van der Waals surface area contributed by atoms with Gasteiger partial charge in [0.15, 0.2) is 6.10 Å². The van der Waals surface area contributed by atoms with Gasteiger partial charge in [-0.15, -0.1) is 0 Å². The molecule has 0 spiro atoms. The van der Waals surface area contributed by atoms with Crippen molar-refractivity contribution < 1.29 is 9.53 Å². The van der Waals surface area contributed by atoms with Gasteiger partial charge in [0.25, 0.3) is 5.91 Å². The Kier molecular flexibility index (Phi) is 5.66. The fourth-order valence-corrected chi connectivity index (χ4v) is 2.71. The summed E-state index contributed by atoms with van der Waals surface area (Å²) in [4.78, 5) is 12.2. The minimum absolute atomic E-state index is 0.00966. The van der Waals surface area contributed by atoms with E-state index in [1.54, 1.807) is 0 Å². The van der Waals surface area contributed by atoms with Gasteiger partial charge >= 0.3 is 0 Å². The molecule has 0 saturated heterocycles. The number of hydrogen-bond donors (Lipinski definition) is 1. The molecule has 0 aliphatic heterocycles. The highest BCUT2D eigenvalue weighted by molar-refractivity contribution is 5.81. The lowest BCUT2D eigenvalue weighted by molar-refractivity contribution is -0.128. The van der Waals surface area contributed by atoms with Crippen molar-refractivity contribution >= 4 is 5.91 Å². The molecule has 1 aromatic carbocycles. The summed E-state index contributed by atoms with van der Waals surface area (Å²) in [6, 6.07) is 6.47. The van der Waals surface area contributed by atoms with E-state index in [1.807, 2.05) is 19.9 Å². The van der Waals surface area contributed by atoms with Crippen LogP contribution in [0.5, 0.6) is 5.75 Å². The smallest absolute Gasteiger partial charge is 0.261 e. The van der Waals surface area contributed by atoms with Gasteiger partial charge in [0.1, 0.15) is 5.75 Å². The normalized spacial score (nSPS) is 16.7. The summed E-state index contributed by atoms with van der Waals surface area (Å²) in [5.41, 5.74) is 2.82.